The number of amides is 1. The van der Waals surface area contributed by atoms with Crippen molar-refractivity contribution in [2.45, 2.75) is 32.7 Å². The average Bonchev–Trinajstić information content (AvgIpc) is 2.62. The van der Waals surface area contributed by atoms with Crippen molar-refractivity contribution < 1.29 is 4.79 Å². The molecule has 1 atom stereocenters. The second kappa shape index (κ2) is 7.78. The van der Waals surface area contributed by atoms with Crippen LogP contribution in [0.2, 0.25) is 0 Å². The van der Waals surface area contributed by atoms with Crippen LogP contribution in [0.1, 0.15) is 24.8 Å². The summed E-state index contributed by atoms with van der Waals surface area (Å²) in [5.41, 5.74) is 1.65. The first-order valence-electron chi connectivity index (χ1n) is 8.97. The lowest BCUT2D eigenvalue weighted by molar-refractivity contribution is -0.133. The molecule has 134 valence electrons. The zero-order valence-electron chi connectivity index (χ0n) is 15.0. The van der Waals surface area contributed by atoms with Crippen LogP contribution in [-0.2, 0) is 11.3 Å². The van der Waals surface area contributed by atoms with Crippen molar-refractivity contribution in [3.05, 3.63) is 40.4 Å². The summed E-state index contributed by atoms with van der Waals surface area (Å²) in [6.45, 7) is 4.90. The highest BCUT2D eigenvalue weighted by atomic mass is 16.2. The van der Waals surface area contributed by atoms with Crippen molar-refractivity contribution in [1.29, 1.82) is 0 Å². The van der Waals surface area contributed by atoms with Gasteiger partial charge in [-0.05, 0) is 50.9 Å². The van der Waals surface area contributed by atoms with Crippen molar-refractivity contribution in [3.63, 3.8) is 0 Å². The molecule has 3 rings (SSSR count). The Bertz CT molecular complexity index is 813. The Morgan fingerprint density at radius 2 is 2.24 bits per heavy atom. The fourth-order valence-electron chi connectivity index (χ4n) is 3.62. The van der Waals surface area contributed by atoms with E-state index in [-0.39, 0.29) is 11.5 Å². The number of rotatable bonds is 5. The first-order chi connectivity index (χ1) is 12.1. The molecule has 1 aromatic heterocycles. The summed E-state index contributed by atoms with van der Waals surface area (Å²) in [6, 6.07) is 5.61. The van der Waals surface area contributed by atoms with Crippen LogP contribution < -0.4 is 10.9 Å². The van der Waals surface area contributed by atoms with E-state index in [0.717, 1.165) is 43.6 Å². The molecule has 0 aliphatic carbocycles. The third-order valence-corrected chi connectivity index (χ3v) is 4.99. The summed E-state index contributed by atoms with van der Waals surface area (Å²) in [7, 11) is 1.95. The SMILES string of the molecule is CNCC1CCCN(C(=O)CCn2cnc3c(C)cccc3c2=O)C1. The van der Waals surface area contributed by atoms with Crippen LogP contribution in [0.4, 0.5) is 0 Å². The number of para-hydroxylation sites is 1. The molecule has 0 spiro atoms. The maximum Gasteiger partial charge on any atom is 0.261 e. The van der Waals surface area contributed by atoms with E-state index in [2.05, 4.69) is 10.3 Å². The summed E-state index contributed by atoms with van der Waals surface area (Å²) in [5.74, 6) is 0.646. The molecule has 6 heteroatoms. The van der Waals surface area contributed by atoms with E-state index in [1.165, 1.54) is 0 Å². The highest BCUT2D eigenvalue weighted by molar-refractivity contribution is 5.80. The summed E-state index contributed by atoms with van der Waals surface area (Å²) >= 11 is 0. The molecule has 1 fully saturated rings. The number of nitrogens with one attached hydrogen (secondary N) is 1. The molecule has 1 unspecified atom stereocenters. The van der Waals surface area contributed by atoms with Gasteiger partial charge in [-0.15, -0.1) is 0 Å². The zero-order chi connectivity index (χ0) is 17.8. The van der Waals surface area contributed by atoms with Crippen molar-refractivity contribution in [2.75, 3.05) is 26.7 Å². The molecular formula is C19H26N4O2. The van der Waals surface area contributed by atoms with Crippen LogP contribution in [0.25, 0.3) is 10.9 Å². The Morgan fingerprint density at radius 1 is 1.40 bits per heavy atom. The largest absolute Gasteiger partial charge is 0.342 e. The molecule has 1 aliphatic rings. The number of carbonyl (C=O) groups is 1. The van der Waals surface area contributed by atoms with Crippen LogP contribution in [-0.4, -0.2) is 47.0 Å². The van der Waals surface area contributed by atoms with Gasteiger partial charge in [-0.2, -0.15) is 0 Å². The molecule has 1 N–H and O–H groups in total. The topological polar surface area (TPSA) is 67.2 Å². The minimum atomic E-state index is -0.0757. The monoisotopic (exact) mass is 342 g/mol. The molecule has 1 amide bonds. The lowest BCUT2D eigenvalue weighted by atomic mass is 9.98. The van der Waals surface area contributed by atoms with E-state index in [1.54, 1.807) is 17.0 Å². The number of hydrogen-bond acceptors (Lipinski definition) is 4. The van der Waals surface area contributed by atoms with E-state index in [0.29, 0.717) is 24.3 Å². The van der Waals surface area contributed by atoms with Gasteiger partial charge >= 0.3 is 0 Å². The van der Waals surface area contributed by atoms with E-state index < -0.39 is 0 Å². The number of nitrogens with zero attached hydrogens (tertiary/aromatic N) is 3. The average molecular weight is 342 g/mol. The van der Waals surface area contributed by atoms with Gasteiger partial charge < -0.3 is 10.2 Å². The summed E-state index contributed by atoms with van der Waals surface area (Å²) in [4.78, 5) is 31.5. The first-order valence-corrected chi connectivity index (χ1v) is 8.97. The van der Waals surface area contributed by atoms with Gasteiger partial charge in [0.1, 0.15) is 0 Å². The van der Waals surface area contributed by atoms with Gasteiger partial charge in [0.2, 0.25) is 5.91 Å². The van der Waals surface area contributed by atoms with E-state index in [9.17, 15) is 9.59 Å². The van der Waals surface area contributed by atoms with Crippen molar-refractivity contribution in [3.8, 4) is 0 Å². The number of fused-ring (bicyclic) bond motifs is 1. The second-order valence-corrected chi connectivity index (χ2v) is 6.87. The molecule has 6 nitrogen and oxygen atoms in total. The Balaban J connectivity index is 1.67. The van der Waals surface area contributed by atoms with E-state index >= 15 is 0 Å². The highest BCUT2D eigenvalue weighted by Crippen LogP contribution is 2.17. The molecule has 1 aliphatic heterocycles. The van der Waals surface area contributed by atoms with Crippen LogP contribution in [0.5, 0.6) is 0 Å². The number of piperidine rings is 1. The normalized spacial score (nSPS) is 17.8. The van der Waals surface area contributed by atoms with Crippen LogP contribution in [0.3, 0.4) is 0 Å². The van der Waals surface area contributed by atoms with E-state index in [1.807, 2.05) is 31.0 Å². The number of hydrogen-bond donors (Lipinski definition) is 1. The van der Waals surface area contributed by atoms with Crippen molar-refractivity contribution in [2.24, 2.45) is 5.92 Å². The van der Waals surface area contributed by atoms with Gasteiger partial charge in [-0.25, -0.2) is 4.98 Å². The smallest absolute Gasteiger partial charge is 0.261 e. The number of aryl methyl sites for hydroxylation is 2. The lowest BCUT2D eigenvalue weighted by Crippen LogP contribution is -2.42. The Kier molecular flexibility index (Phi) is 5.48. The molecule has 0 saturated carbocycles. The molecule has 0 bridgehead atoms. The van der Waals surface area contributed by atoms with Gasteiger partial charge in [0.15, 0.2) is 0 Å². The Morgan fingerprint density at radius 3 is 3.04 bits per heavy atom. The van der Waals surface area contributed by atoms with Gasteiger partial charge in [0.05, 0.1) is 17.2 Å². The third kappa shape index (κ3) is 3.90. The Labute approximate surface area is 147 Å². The molecular weight excluding hydrogens is 316 g/mol. The van der Waals surface area contributed by atoms with Crippen LogP contribution >= 0.6 is 0 Å². The lowest BCUT2D eigenvalue weighted by Gasteiger charge is -2.32. The van der Waals surface area contributed by atoms with E-state index in [4.69, 9.17) is 0 Å². The molecule has 1 aromatic carbocycles. The second-order valence-electron chi connectivity index (χ2n) is 6.87. The fraction of sp³-hybridized carbons (Fsp3) is 0.526. The maximum atomic E-state index is 12.6. The van der Waals surface area contributed by atoms with Gasteiger partial charge in [-0.1, -0.05) is 12.1 Å². The summed E-state index contributed by atoms with van der Waals surface area (Å²) in [6.07, 6.45) is 4.11. The number of likely N-dealkylation sites (tertiary alicyclic amines) is 1. The molecule has 1 saturated heterocycles. The molecule has 0 radical (unpaired) electrons. The third-order valence-electron chi connectivity index (χ3n) is 4.99. The quantitative estimate of drug-likeness (QED) is 0.895. The number of benzene rings is 1. The molecule has 2 aromatic rings. The zero-order valence-corrected chi connectivity index (χ0v) is 15.0. The first kappa shape index (κ1) is 17.6. The number of aromatic nitrogens is 2. The van der Waals surface area contributed by atoms with Gasteiger partial charge in [0.25, 0.3) is 5.56 Å². The minimum absolute atomic E-state index is 0.0757. The summed E-state index contributed by atoms with van der Waals surface area (Å²) < 4.78 is 1.55. The van der Waals surface area contributed by atoms with Crippen molar-refractivity contribution in [1.82, 2.24) is 19.8 Å². The van der Waals surface area contributed by atoms with Crippen molar-refractivity contribution >= 4 is 16.8 Å². The summed E-state index contributed by atoms with van der Waals surface area (Å²) in [5, 5.41) is 3.81. The van der Waals surface area contributed by atoms with Crippen LogP contribution in [0.15, 0.2) is 29.3 Å². The minimum Gasteiger partial charge on any atom is -0.342 e. The molecule has 25 heavy (non-hydrogen) atoms. The predicted octanol–water partition coefficient (Wildman–Crippen LogP) is 1.55. The highest BCUT2D eigenvalue weighted by Gasteiger charge is 2.23. The van der Waals surface area contributed by atoms with Crippen LogP contribution in [0, 0.1) is 12.8 Å². The molecule has 2 heterocycles. The van der Waals surface area contributed by atoms with Gasteiger partial charge in [-0.3, -0.25) is 14.2 Å². The van der Waals surface area contributed by atoms with Gasteiger partial charge in [0, 0.05) is 26.1 Å². The fourth-order valence-corrected chi connectivity index (χ4v) is 3.62. The predicted molar refractivity (Wildman–Crippen MR) is 98.6 cm³/mol. The maximum absolute atomic E-state index is 12.6. The Hall–Kier alpha value is -2.21. The number of carbonyl (C=O) groups excluding carboxylic acids is 1. The standard InChI is InChI=1S/C19H26N4O2/c1-14-5-3-7-16-18(14)21-13-23(19(16)25)10-8-17(24)22-9-4-6-15(12-22)11-20-2/h3,5,7,13,15,20H,4,6,8-12H2,1-2H3.